The standard InChI is InChI=1S/C15H23NO3/c1-4-5-6-9-19-15-13(17-2)10-12(7-8-16)11-14(15)18-3/h4,10-11H,1,5-9,16H2,2-3H3. The fraction of sp³-hybridized carbons (Fsp3) is 0.467. The number of ether oxygens (including phenoxy) is 3. The van der Waals surface area contributed by atoms with Gasteiger partial charge in [0.15, 0.2) is 11.5 Å². The van der Waals surface area contributed by atoms with Crippen LogP contribution in [0, 0.1) is 0 Å². The number of nitrogens with two attached hydrogens (primary N) is 1. The van der Waals surface area contributed by atoms with E-state index in [9.17, 15) is 0 Å². The Morgan fingerprint density at radius 2 is 1.84 bits per heavy atom. The van der Waals surface area contributed by atoms with Gasteiger partial charge < -0.3 is 19.9 Å². The minimum absolute atomic E-state index is 0.589. The van der Waals surface area contributed by atoms with E-state index >= 15 is 0 Å². The molecule has 4 nitrogen and oxygen atoms in total. The van der Waals surface area contributed by atoms with Crippen molar-refractivity contribution in [3.63, 3.8) is 0 Å². The summed E-state index contributed by atoms with van der Waals surface area (Å²) in [7, 11) is 3.25. The highest BCUT2D eigenvalue weighted by Crippen LogP contribution is 2.38. The normalized spacial score (nSPS) is 10.1. The molecule has 4 heteroatoms. The summed E-state index contributed by atoms with van der Waals surface area (Å²) in [4.78, 5) is 0. The van der Waals surface area contributed by atoms with Gasteiger partial charge in [-0.05, 0) is 43.5 Å². The summed E-state index contributed by atoms with van der Waals surface area (Å²) in [5, 5.41) is 0. The molecule has 0 aliphatic heterocycles. The molecular formula is C15H23NO3. The van der Waals surface area contributed by atoms with E-state index < -0.39 is 0 Å². The lowest BCUT2D eigenvalue weighted by molar-refractivity contribution is 0.271. The minimum atomic E-state index is 0.589. The smallest absolute Gasteiger partial charge is 0.203 e. The van der Waals surface area contributed by atoms with Gasteiger partial charge in [-0.2, -0.15) is 0 Å². The highest BCUT2D eigenvalue weighted by molar-refractivity contribution is 5.54. The third kappa shape index (κ3) is 4.48. The summed E-state index contributed by atoms with van der Waals surface area (Å²) in [6.07, 6.45) is 4.50. The van der Waals surface area contributed by atoms with Crippen LogP contribution in [-0.4, -0.2) is 27.4 Å². The Balaban J connectivity index is 2.89. The second-order valence-electron chi connectivity index (χ2n) is 4.15. The maximum atomic E-state index is 5.76. The van der Waals surface area contributed by atoms with E-state index in [1.807, 2.05) is 18.2 Å². The highest BCUT2D eigenvalue weighted by atomic mass is 16.5. The predicted molar refractivity (Wildman–Crippen MR) is 77.2 cm³/mol. The van der Waals surface area contributed by atoms with Crippen molar-refractivity contribution in [2.24, 2.45) is 5.73 Å². The van der Waals surface area contributed by atoms with Crippen molar-refractivity contribution in [3.05, 3.63) is 30.4 Å². The Hall–Kier alpha value is -1.68. The van der Waals surface area contributed by atoms with Crippen LogP contribution in [0.15, 0.2) is 24.8 Å². The molecule has 2 N–H and O–H groups in total. The molecule has 0 atom stereocenters. The van der Waals surface area contributed by atoms with Crippen LogP contribution in [0.1, 0.15) is 18.4 Å². The van der Waals surface area contributed by atoms with Crippen LogP contribution in [0.25, 0.3) is 0 Å². The van der Waals surface area contributed by atoms with Gasteiger partial charge in [0, 0.05) is 0 Å². The molecule has 0 aromatic heterocycles. The predicted octanol–water partition coefficient (Wildman–Crippen LogP) is 2.55. The molecule has 0 unspecified atom stereocenters. The summed E-state index contributed by atoms with van der Waals surface area (Å²) in [5.41, 5.74) is 6.65. The number of hydrogen-bond donors (Lipinski definition) is 1. The van der Waals surface area contributed by atoms with Crippen LogP contribution < -0.4 is 19.9 Å². The Labute approximate surface area is 115 Å². The lowest BCUT2D eigenvalue weighted by Crippen LogP contribution is -2.05. The monoisotopic (exact) mass is 265 g/mol. The minimum Gasteiger partial charge on any atom is -0.493 e. The van der Waals surface area contributed by atoms with Gasteiger partial charge in [0.2, 0.25) is 5.75 Å². The molecule has 0 saturated heterocycles. The number of benzene rings is 1. The Morgan fingerprint density at radius 3 is 2.32 bits per heavy atom. The van der Waals surface area contributed by atoms with Crippen molar-refractivity contribution in [2.75, 3.05) is 27.4 Å². The summed E-state index contributed by atoms with van der Waals surface area (Å²) in [5.74, 6) is 2.01. The number of unbranched alkanes of at least 4 members (excludes halogenated alkanes) is 1. The van der Waals surface area contributed by atoms with Crippen LogP contribution in [0.3, 0.4) is 0 Å². The molecule has 0 heterocycles. The molecule has 0 spiro atoms. The van der Waals surface area contributed by atoms with Gasteiger partial charge in [-0.1, -0.05) is 6.08 Å². The summed E-state index contributed by atoms with van der Waals surface area (Å²) in [6, 6.07) is 3.89. The van der Waals surface area contributed by atoms with E-state index in [0.29, 0.717) is 30.4 Å². The van der Waals surface area contributed by atoms with Gasteiger partial charge in [-0.3, -0.25) is 0 Å². The van der Waals surface area contributed by atoms with Crippen molar-refractivity contribution >= 4 is 0 Å². The molecule has 0 fully saturated rings. The average molecular weight is 265 g/mol. The van der Waals surface area contributed by atoms with Crippen LogP contribution in [0.4, 0.5) is 0 Å². The summed E-state index contributed by atoms with van der Waals surface area (Å²) in [6.45, 7) is 4.88. The zero-order valence-electron chi connectivity index (χ0n) is 11.8. The first-order valence-electron chi connectivity index (χ1n) is 6.45. The highest BCUT2D eigenvalue weighted by Gasteiger charge is 2.13. The molecule has 0 aliphatic rings. The van der Waals surface area contributed by atoms with Gasteiger partial charge in [0.25, 0.3) is 0 Å². The zero-order chi connectivity index (χ0) is 14.1. The van der Waals surface area contributed by atoms with Gasteiger partial charge in [0.1, 0.15) is 0 Å². The van der Waals surface area contributed by atoms with Crippen molar-refractivity contribution < 1.29 is 14.2 Å². The van der Waals surface area contributed by atoms with Crippen molar-refractivity contribution in [1.29, 1.82) is 0 Å². The zero-order valence-corrected chi connectivity index (χ0v) is 11.8. The second-order valence-corrected chi connectivity index (χ2v) is 4.15. The van der Waals surface area contributed by atoms with E-state index in [1.165, 1.54) is 0 Å². The molecule has 0 bridgehead atoms. The van der Waals surface area contributed by atoms with Crippen LogP contribution in [0.2, 0.25) is 0 Å². The molecule has 0 saturated carbocycles. The van der Waals surface area contributed by atoms with E-state index in [1.54, 1.807) is 14.2 Å². The number of methoxy groups -OCH3 is 2. The summed E-state index contributed by atoms with van der Waals surface area (Å²) >= 11 is 0. The van der Waals surface area contributed by atoms with Crippen LogP contribution >= 0.6 is 0 Å². The molecule has 106 valence electrons. The van der Waals surface area contributed by atoms with E-state index in [4.69, 9.17) is 19.9 Å². The average Bonchev–Trinajstić information content (AvgIpc) is 2.44. The third-order valence-electron chi connectivity index (χ3n) is 2.75. The molecule has 0 amide bonds. The molecular weight excluding hydrogens is 242 g/mol. The fourth-order valence-electron chi connectivity index (χ4n) is 1.79. The molecule has 0 aliphatic carbocycles. The Morgan fingerprint density at radius 1 is 1.21 bits per heavy atom. The maximum Gasteiger partial charge on any atom is 0.203 e. The topological polar surface area (TPSA) is 53.7 Å². The van der Waals surface area contributed by atoms with Gasteiger partial charge >= 0.3 is 0 Å². The lowest BCUT2D eigenvalue weighted by Gasteiger charge is -2.15. The lowest BCUT2D eigenvalue weighted by atomic mass is 10.1. The largest absolute Gasteiger partial charge is 0.493 e. The van der Waals surface area contributed by atoms with E-state index in [-0.39, 0.29) is 0 Å². The maximum absolute atomic E-state index is 5.76. The number of hydrogen-bond acceptors (Lipinski definition) is 4. The Bertz CT molecular complexity index is 379. The summed E-state index contributed by atoms with van der Waals surface area (Å²) < 4.78 is 16.5. The fourth-order valence-corrected chi connectivity index (χ4v) is 1.79. The quantitative estimate of drug-likeness (QED) is 0.550. The van der Waals surface area contributed by atoms with Crippen molar-refractivity contribution in [3.8, 4) is 17.2 Å². The van der Waals surface area contributed by atoms with Crippen LogP contribution in [-0.2, 0) is 6.42 Å². The Kier molecular flexibility index (Phi) is 6.82. The van der Waals surface area contributed by atoms with Crippen molar-refractivity contribution in [1.82, 2.24) is 0 Å². The van der Waals surface area contributed by atoms with Gasteiger partial charge in [0.05, 0.1) is 20.8 Å². The molecule has 1 rings (SSSR count). The van der Waals surface area contributed by atoms with Gasteiger partial charge in [-0.25, -0.2) is 0 Å². The molecule has 0 radical (unpaired) electrons. The second kappa shape index (κ2) is 8.43. The van der Waals surface area contributed by atoms with E-state index in [2.05, 4.69) is 6.58 Å². The number of rotatable bonds is 9. The number of allylic oxidation sites excluding steroid dienone is 1. The first kappa shape index (κ1) is 15.4. The SMILES string of the molecule is C=CCCCOc1c(OC)cc(CCN)cc1OC. The molecule has 1 aromatic rings. The van der Waals surface area contributed by atoms with Crippen LogP contribution in [0.5, 0.6) is 17.2 Å². The first-order chi connectivity index (χ1) is 9.26. The van der Waals surface area contributed by atoms with Crippen molar-refractivity contribution in [2.45, 2.75) is 19.3 Å². The molecule has 19 heavy (non-hydrogen) atoms. The van der Waals surface area contributed by atoms with E-state index in [0.717, 1.165) is 24.8 Å². The molecule has 1 aromatic carbocycles. The first-order valence-corrected chi connectivity index (χ1v) is 6.45. The third-order valence-corrected chi connectivity index (χ3v) is 2.75. The van der Waals surface area contributed by atoms with Gasteiger partial charge in [-0.15, -0.1) is 6.58 Å².